The molecule has 0 saturated heterocycles. The van der Waals surface area contributed by atoms with Crippen LogP contribution in [0.2, 0.25) is 0 Å². The van der Waals surface area contributed by atoms with Crippen LogP contribution in [0.25, 0.3) is 0 Å². The maximum atomic E-state index is 5.59. The number of thiophene rings is 1. The molecule has 0 radical (unpaired) electrons. The first-order chi connectivity index (χ1) is 7.85. The molecule has 0 spiro atoms. The third-order valence-electron chi connectivity index (χ3n) is 2.44. The second kappa shape index (κ2) is 5.12. The molecule has 0 unspecified atom stereocenters. The molecule has 84 valence electrons. The maximum Gasteiger partial charge on any atom is 0.118 e. The van der Waals surface area contributed by atoms with Gasteiger partial charge in [0.1, 0.15) is 5.75 Å². The van der Waals surface area contributed by atoms with E-state index < -0.39 is 0 Å². The molecule has 0 aliphatic heterocycles. The third kappa shape index (κ3) is 2.24. The number of nitrogens with two attached hydrogens (primary N) is 1. The molecule has 1 aromatic carbocycles. The van der Waals surface area contributed by atoms with E-state index >= 15 is 0 Å². The Balaban J connectivity index is 2.27. The van der Waals surface area contributed by atoms with Crippen molar-refractivity contribution >= 4 is 11.3 Å². The number of benzene rings is 1. The zero-order chi connectivity index (χ0) is 11.4. The topological polar surface area (TPSA) is 47.3 Å². The summed E-state index contributed by atoms with van der Waals surface area (Å²) in [5.41, 5.74) is 3.96. The molecule has 0 fully saturated rings. The third-order valence-corrected chi connectivity index (χ3v) is 3.38. The van der Waals surface area contributed by atoms with Crippen LogP contribution in [0.4, 0.5) is 0 Å². The number of nitrogens with one attached hydrogen (secondary N) is 1. The Kier molecular flexibility index (Phi) is 3.56. The van der Waals surface area contributed by atoms with Gasteiger partial charge in [-0.1, -0.05) is 18.2 Å². The molecule has 3 N–H and O–H groups in total. The summed E-state index contributed by atoms with van der Waals surface area (Å²) in [5, 5.41) is 2.04. The van der Waals surface area contributed by atoms with Gasteiger partial charge in [0.2, 0.25) is 0 Å². The molecule has 1 atom stereocenters. The zero-order valence-corrected chi connectivity index (χ0v) is 9.83. The fourth-order valence-corrected chi connectivity index (χ4v) is 2.41. The minimum atomic E-state index is 0.0471. The van der Waals surface area contributed by atoms with Gasteiger partial charge in [-0.2, -0.15) is 0 Å². The fourth-order valence-electron chi connectivity index (χ4n) is 1.59. The van der Waals surface area contributed by atoms with Gasteiger partial charge < -0.3 is 4.74 Å². The molecule has 0 saturated carbocycles. The van der Waals surface area contributed by atoms with Gasteiger partial charge in [-0.25, -0.2) is 5.43 Å². The lowest BCUT2D eigenvalue weighted by atomic mass is 10.1. The fraction of sp³-hybridized carbons (Fsp3) is 0.167. The Morgan fingerprint density at radius 1 is 1.25 bits per heavy atom. The summed E-state index contributed by atoms with van der Waals surface area (Å²) in [7, 11) is 1.66. The molecule has 0 amide bonds. The Hall–Kier alpha value is -1.36. The Morgan fingerprint density at radius 3 is 2.50 bits per heavy atom. The molecule has 0 bridgehead atoms. The molecule has 4 heteroatoms. The lowest BCUT2D eigenvalue weighted by Gasteiger charge is -2.14. The van der Waals surface area contributed by atoms with E-state index in [0.29, 0.717) is 0 Å². The average molecular weight is 234 g/mol. The lowest BCUT2D eigenvalue weighted by molar-refractivity contribution is 0.414. The molecule has 2 aromatic rings. The molecular weight excluding hydrogens is 220 g/mol. The SMILES string of the molecule is COc1ccc([C@H](NN)c2cccs2)cc1. The first-order valence-electron chi connectivity index (χ1n) is 4.98. The standard InChI is InChI=1S/C12H14N2OS/c1-15-10-6-4-9(5-7-10)12(14-13)11-3-2-8-16-11/h2-8,12,14H,13H2,1H3/t12-/m0/s1. The summed E-state index contributed by atoms with van der Waals surface area (Å²) >= 11 is 1.69. The number of hydrazine groups is 1. The molecular formula is C12H14N2OS. The van der Waals surface area contributed by atoms with Gasteiger partial charge in [0.15, 0.2) is 0 Å². The van der Waals surface area contributed by atoms with Crippen LogP contribution >= 0.6 is 11.3 Å². The highest BCUT2D eigenvalue weighted by atomic mass is 32.1. The van der Waals surface area contributed by atoms with Crippen molar-refractivity contribution in [3.63, 3.8) is 0 Å². The monoisotopic (exact) mass is 234 g/mol. The van der Waals surface area contributed by atoms with Crippen LogP contribution < -0.4 is 16.0 Å². The van der Waals surface area contributed by atoms with E-state index in [4.69, 9.17) is 10.6 Å². The summed E-state index contributed by atoms with van der Waals surface area (Å²) in [5.74, 6) is 6.44. The Labute approximate surface area is 98.8 Å². The van der Waals surface area contributed by atoms with Crippen LogP contribution in [-0.4, -0.2) is 7.11 Å². The predicted octanol–water partition coefficient (Wildman–Crippen LogP) is 2.31. The van der Waals surface area contributed by atoms with Crippen molar-refractivity contribution in [2.75, 3.05) is 7.11 Å². The molecule has 0 aliphatic carbocycles. The Bertz CT molecular complexity index is 425. The molecule has 1 heterocycles. The van der Waals surface area contributed by atoms with E-state index in [1.165, 1.54) is 4.88 Å². The van der Waals surface area contributed by atoms with E-state index in [-0.39, 0.29) is 6.04 Å². The average Bonchev–Trinajstić information content (AvgIpc) is 2.85. The van der Waals surface area contributed by atoms with Crippen molar-refractivity contribution in [1.29, 1.82) is 0 Å². The van der Waals surface area contributed by atoms with E-state index in [1.807, 2.05) is 35.7 Å². The minimum absolute atomic E-state index is 0.0471. The van der Waals surface area contributed by atoms with Crippen molar-refractivity contribution in [2.24, 2.45) is 5.84 Å². The minimum Gasteiger partial charge on any atom is -0.497 e. The predicted molar refractivity (Wildman–Crippen MR) is 66.5 cm³/mol. The van der Waals surface area contributed by atoms with Crippen LogP contribution in [0, 0.1) is 0 Å². The number of methoxy groups -OCH3 is 1. The molecule has 2 rings (SSSR count). The van der Waals surface area contributed by atoms with E-state index in [9.17, 15) is 0 Å². The van der Waals surface area contributed by atoms with Gasteiger partial charge in [0, 0.05) is 4.88 Å². The summed E-state index contributed by atoms with van der Waals surface area (Å²) in [6.45, 7) is 0. The molecule has 0 aliphatic rings. The number of ether oxygens (including phenoxy) is 1. The summed E-state index contributed by atoms with van der Waals surface area (Å²) in [4.78, 5) is 1.20. The zero-order valence-electron chi connectivity index (χ0n) is 9.01. The summed E-state index contributed by atoms with van der Waals surface area (Å²) in [6, 6.07) is 12.0. The highest BCUT2D eigenvalue weighted by Gasteiger charge is 2.12. The highest BCUT2D eigenvalue weighted by molar-refractivity contribution is 7.10. The normalized spacial score (nSPS) is 12.4. The Morgan fingerprint density at radius 2 is 2.00 bits per heavy atom. The first-order valence-corrected chi connectivity index (χ1v) is 5.86. The van der Waals surface area contributed by atoms with Gasteiger partial charge in [-0.3, -0.25) is 5.84 Å². The molecule has 3 nitrogen and oxygen atoms in total. The highest BCUT2D eigenvalue weighted by Crippen LogP contribution is 2.26. The van der Waals surface area contributed by atoms with Gasteiger partial charge in [-0.15, -0.1) is 11.3 Å². The van der Waals surface area contributed by atoms with Crippen molar-refractivity contribution in [3.05, 3.63) is 52.2 Å². The van der Waals surface area contributed by atoms with Crippen LogP contribution in [-0.2, 0) is 0 Å². The summed E-state index contributed by atoms with van der Waals surface area (Å²) in [6.07, 6.45) is 0. The van der Waals surface area contributed by atoms with E-state index in [0.717, 1.165) is 11.3 Å². The number of hydrogen-bond donors (Lipinski definition) is 2. The van der Waals surface area contributed by atoms with Gasteiger partial charge in [0.25, 0.3) is 0 Å². The van der Waals surface area contributed by atoms with Gasteiger partial charge >= 0.3 is 0 Å². The largest absolute Gasteiger partial charge is 0.497 e. The van der Waals surface area contributed by atoms with Gasteiger partial charge in [-0.05, 0) is 29.1 Å². The number of rotatable bonds is 4. The smallest absolute Gasteiger partial charge is 0.118 e. The van der Waals surface area contributed by atoms with Gasteiger partial charge in [0.05, 0.1) is 13.2 Å². The van der Waals surface area contributed by atoms with Crippen molar-refractivity contribution in [2.45, 2.75) is 6.04 Å². The summed E-state index contributed by atoms with van der Waals surface area (Å²) < 4.78 is 5.12. The number of hydrogen-bond acceptors (Lipinski definition) is 4. The van der Waals surface area contributed by atoms with E-state index in [1.54, 1.807) is 18.4 Å². The van der Waals surface area contributed by atoms with Crippen LogP contribution in [0.5, 0.6) is 5.75 Å². The van der Waals surface area contributed by atoms with Crippen molar-refractivity contribution < 1.29 is 4.74 Å². The maximum absolute atomic E-state index is 5.59. The molecule has 1 aromatic heterocycles. The van der Waals surface area contributed by atoms with Crippen LogP contribution in [0.3, 0.4) is 0 Å². The van der Waals surface area contributed by atoms with Crippen LogP contribution in [0.1, 0.15) is 16.5 Å². The van der Waals surface area contributed by atoms with Crippen LogP contribution in [0.15, 0.2) is 41.8 Å². The quantitative estimate of drug-likeness (QED) is 0.630. The lowest BCUT2D eigenvalue weighted by Crippen LogP contribution is -2.28. The second-order valence-electron chi connectivity index (χ2n) is 3.39. The molecule has 16 heavy (non-hydrogen) atoms. The van der Waals surface area contributed by atoms with Crippen molar-refractivity contribution in [3.8, 4) is 5.75 Å². The van der Waals surface area contributed by atoms with Crippen molar-refractivity contribution in [1.82, 2.24) is 5.43 Å². The first kappa shape index (κ1) is 11.1. The second-order valence-corrected chi connectivity index (χ2v) is 4.37. The van der Waals surface area contributed by atoms with E-state index in [2.05, 4.69) is 11.5 Å².